The molecule has 3 atom stereocenters. The molecule has 0 saturated carbocycles. The number of carbonyl (C=O) groups is 2. The molecule has 1 aromatic heterocycles. The normalized spacial score (nSPS) is 17.3. The summed E-state index contributed by atoms with van der Waals surface area (Å²) >= 11 is 0. The summed E-state index contributed by atoms with van der Waals surface area (Å²) in [6.45, 7) is 4.42. The van der Waals surface area contributed by atoms with E-state index in [2.05, 4.69) is 10.3 Å². The largest absolute Gasteiger partial charge is 0.347 e. The number of rotatable bonds is 7. The first-order valence-electron chi connectivity index (χ1n) is 10.3. The fraction of sp³-hybridized carbons (Fsp3) is 0.435. The van der Waals surface area contributed by atoms with Crippen LogP contribution in [-0.4, -0.2) is 40.3 Å². The first kappa shape index (κ1) is 26.9. The minimum Gasteiger partial charge on any atom is -0.347 e. The summed E-state index contributed by atoms with van der Waals surface area (Å²) in [5.41, 5.74) is 7.99. The summed E-state index contributed by atoms with van der Waals surface area (Å²) < 4.78 is 0. The molecule has 2 amide bonds. The lowest BCUT2D eigenvalue weighted by Crippen LogP contribution is -2.53. The number of nitrogens with one attached hydrogen (secondary N) is 1. The van der Waals surface area contributed by atoms with E-state index in [0.29, 0.717) is 19.4 Å². The Kier molecular flexibility index (Phi) is 11.0. The summed E-state index contributed by atoms with van der Waals surface area (Å²) in [5, 5.41) is 3.16. The van der Waals surface area contributed by atoms with Crippen molar-refractivity contribution in [2.75, 3.05) is 6.54 Å². The molecule has 0 unspecified atom stereocenters. The molecule has 2 heterocycles. The maximum absolute atomic E-state index is 13.2. The van der Waals surface area contributed by atoms with Crippen LogP contribution in [0.25, 0.3) is 0 Å². The second kappa shape index (κ2) is 12.6. The zero-order valence-corrected chi connectivity index (χ0v) is 19.6. The van der Waals surface area contributed by atoms with Crippen LogP contribution in [0.5, 0.6) is 0 Å². The highest BCUT2D eigenvalue weighted by Crippen LogP contribution is 2.23. The molecule has 2 aromatic rings. The number of halogens is 2. The molecular formula is C23H32Cl2N4O2. The Morgan fingerprint density at radius 3 is 2.42 bits per heavy atom. The Balaban J connectivity index is 0.00000240. The summed E-state index contributed by atoms with van der Waals surface area (Å²) in [7, 11) is 0. The molecule has 0 spiro atoms. The standard InChI is InChI=1S/C23H30N4O2.2ClH/c1-16(2)21(24)23(29)27-14-8-12-20(27)22(28)26-19(17-9-4-3-5-10-17)15-18-11-6-7-13-25-18;;/h3-7,9-11,13,16,19-21H,8,12,14-15,24H2,1-2H3,(H,26,28);2*1H/t19-,20-,21-;;/m0../s1. The summed E-state index contributed by atoms with van der Waals surface area (Å²) in [4.78, 5) is 32.0. The molecule has 0 radical (unpaired) electrons. The number of carbonyl (C=O) groups excluding carboxylic acids is 2. The molecule has 1 aliphatic rings. The summed E-state index contributed by atoms with van der Waals surface area (Å²) in [6.07, 6.45) is 3.81. The van der Waals surface area contributed by atoms with Crippen molar-refractivity contribution in [2.24, 2.45) is 11.7 Å². The molecule has 8 heteroatoms. The van der Waals surface area contributed by atoms with Gasteiger partial charge in [-0.15, -0.1) is 24.8 Å². The first-order chi connectivity index (χ1) is 14.0. The van der Waals surface area contributed by atoms with E-state index in [-0.39, 0.29) is 48.6 Å². The predicted molar refractivity (Wildman–Crippen MR) is 127 cm³/mol. The zero-order valence-electron chi connectivity index (χ0n) is 17.9. The van der Waals surface area contributed by atoms with E-state index in [1.54, 1.807) is 11.1 Å². The first-order valence-corrected chi connectivity index (χ1v) is 10.3. The molecule has 3 N–H and O–H groups in total. The summed E-state index contributed by atoms with van der Waals surface area (Å²) in [6, 6.07) is 14.4. The number of hydrogen-bond acceptors (Lipinski definition) is 4. The number of nitrogens with zero attached hydrogens (tertiary/aromatic N) is 2. The van der Waals surface area contributed by atoms with Gasteiger partial charge in [0.15, 0.2) is 0 Å². The lowest BCUT2D eigenvalue weighted by molar-refractivity contribution is -0.140. The lowest BCUT2D eigenvalue weighted by atomic mass is 10.0. The Morgan fingerprint density at radius 1 is 1.13 bits per heavy atom. The molecule has 31 heavy (non-hydrogen) atoms. The topological polar surface area (TPSA) is 88.3 Å². The average molecular weight is 467 g/mol. The van der Waals surface area contributed by atoms with Gasteiger partial charge in [0.1, 0.15) is 6.04 Å². The molecule has 0 bridgehead atoms. The van der Waals surface area contributed by atoms with E-state index < -0.39 is 12.1 Å². The monoisotopic (exact) mass is 466 g/mol. The number of amides is 2. The van der Waals surface area contributed by atoms with E-state index in [1.807, 2.05) is 62.4 Å². The molecule has 0 aliphatic carbocycles. The number of likely N-dealkylation sites (tertiary alicyclic amines) is 1. The van der Waals surface area contributed by atoms with Crippen molar-refractivity contribution in [3.8, 4) is 0 Å². The van der Waals surface area contributed by atoms with Crippen molar-refractivity contribution in [3.63, 3.8) is 0 Å². The van der Waals surface area contributed by atoms with E-state index in [9.17, 15) is 9.59 Å². The van der Waals surface area contributed by atoms with Gasteiger partial charge in [-0.1, -0.05) is 50.2 Å². The van der Waals surface area contributed by atoms with E-state index in [1.165, 1.54) is 0 Å². The third kappa shape index (κ3) is 6.92. The van der Waals surface area contributed by atoms with Crippen LogP contribution in [0.2, 0.25) is 0 Å². The highest BCUT2D eigenvalue weighted by Gasteiger charge is 2.37. The van der Waals surface area contributed by atoms with Gasteiger partial charge in [-0.2, -0.15) is 0 Å². The molecular weight excluding hydrogens is 435 g/mol. The molecule has 1 fully saturated rings. The van der Waals surface area contributed by atoms with Crippen LogP contribution < -0.4 is 11.1 Å². The van der Waals surface area contributed by atoms with Gasteiger partial charge in [0, 0.05) is 24.9 Å². The number of nitrogens with two attached hydrogens (primary N) is 1. The summed E-state index contributed by atoms with van der Waals surface area (Å²) in [5.74, 6) is -0.233. The van der Waals surface area contributed by atoms with Gasteiger partial charge < -0.3 is 16.0 Å². The number of hydrogen-bond donors (Lipinski definition) is 2. The van der Waals surface area contributed by atoms with Crippen LogP contribution >= 0.6 is 24.8 Å². The van der Waals surface area contributed by atoms with Gasteiger partial charge in [-0.05, 0) is 36.5 Å². The molecule has 6 nitrogen and oxygen atoms in total. The maximum atomic E-state index is 13.2. The Hall–Kier alpha value is -2.15. The average Bonchev–Trinajstić information content (AvgIpc) is 3.23. The smallest absolute Gasteiger partial charge is 0.243 e. The van der Waals surface area contributed by atoms with Crippen molar-refractivity contribution in [1.82, 2.24) is 15.2 Å². The Morgan fingerprint density at radius 2 is 1.81 bits per heavy atom. The number of benzene rings is 1. The van der Waals surface area contributed by atoms with Crippen molar-refractivity contribution in [2.45, 2.75) is 51.2 Å². The van der Waals surface area contributed by atoms with Crippen molar-refractivity contribution >= 4 is 36.6 Å². The second-order valence-electron chi connectivity index (χ2n) is 7.96. The zero-order chi connectivity index (χ0) is 20.8. The minimum atomic E-state index is -0.582. The lowest BCUT2D eigenvalue weighted by Gasteiger charge is -2.29. The van der Waals surface area contributed by atoms with Crippen molar-refractivity contribution < 1.29 is 9.59 Å². The highest BCUT2D eigenvalue weighted by molar-refractivity contribution is 5.90. The van der Waals surface area contributed by atoms with Gasteiger partial charge in [-0.3, -0.25) is 14.6 Å². The molecule has 3 rings (SSSR count). The SMILES string of the molecule is CC(C)[C@H](N)C(=O)N1CCC[C@H]1C(=O)N[C@@H](Cc1ccccn1)c1ccccc1.Cl.Cl. The third-order valence-corrected chi connectivity index (χ3v) is 5.50. The minimum absolute atomic E-state index is 0. The van der Waals surface area contributed by atoms with E-state index in [4.69, 9.17) is 5.73 Å². The van der Waals surface area contributed by atoms with Crippen LogP contribution in [0.15, 0.2) is 54.7 Å². The van der Waals surface area contributed by atoms with Gasteiger partial charge in [-0.25, -0.2) is 0 Å². The molecule has 1 saturated heterocycles. The van der Waals surface area contributed by atoms with Gasteiger partial charge in [0.2, 0.25) is 11.8 Å². The predicted octanol–water partition coefficient (Wildman–Crippen LogP) is 3.30. The van der Waals surface area contributed by atoms with Crippen LogP contribution in [0.3, 0.4) is 0 Å². The Labute approximate surface area is 196 Å². The van der Waals surface area contributed by atoms with Crippen molar-refractivity contribution in [1.29, 1.82) is 0 Å². The van der Waals surface area contributed by atoms with E-state index in [0.717, 1.165) is 17.7 Å². The van der Waals surface area contributed by atoms with Gasteiger partial charge in [0.25, 0.3) is 0 Å². The van der Waals surface area contributed by atoms with Gasteiger partial charge >= 0.3 is 0 Å². The van der Waals surface area contributed by atoms with Gasteiger partial charge in [0.05, 0.1) is 12.1 Å². The number of pyridine rings is 1. The third-order valence-electron chi connectivity index (χ3n) is 5.50. The molecule has 1 aromatic carbocycles. The fourth-order valence-corrected chi connectivity index (χ4v) is 3.71. The Bertz CT molecular complexity index is 821. The molecule has 170 valence electrons. The van der Waals surface area contributed by atoms with Crippen LogP contribution in [0.4, 0.5) is 0 Å². The van der Waals surface area contributed by atoms with Crippen LogP contribution in [0, 0.1) is 5.92 Å². The maximum Gasteiger partial charge on any atom is 0.243 e. The quantitative estimate of drug-likeness (QED) is 0.654. The second-order valence-corrected chi connectivity index (χ2v) is 7.96. The van der Waals surface area contributed by atoms with E-state index >= 15 is 0 Å². The van der Waals surface area contributed by atoms with Crippen LogP contribution in [-0.2, 0) is 16.0 Å². The molecule has 1 aliphatic heterocycles. The highest BCUT2D eigenvalue weighted by atomic mass is 35.5. The van der Waals surface area contributed by atoms with Crippen molar-refractivity contribution in [3.05, 3.63) is 66.0 Å². The van der Waals surface area contributed by atoms with Crippen LogP contribution in [0.1, 0.15) is 44.0 Å². The number of aromatic nitrogens is 1. The fourth-order valence-electron chi connectivity index (χ4n) is 3.71.